The zero-order chi connectivity index (χ0) is 33.5. The molecule has 11 nitrogen and oxygen atoms in total. The highest BCUT2D eigenvalue weighted by atomic mass is 16.6. The van der Waals surface area contributed by atoms with Gasteiger partial charge in [0.1, 0.15) is 35.1 Å². The van der Waals surface area contributed by atoms with Crippen LogP contribution in [0.25, 0.3) is 10.9 Å². The number of methoxy groups -OCH3 is 1. The lowest BCUT2D eigenvalue weighted by molar-refractivity contribution is -0.148. The number of amides is 3. The Bertz CT molecular complexity index is 1450. The number of aromatic nitrogens is 1. The standard InChI is InChI=1S/C35H46N4O7/c1-7-9-10-11-12-17-27(37-33(43)46-34(3,4)5)31(41)39-22-24(45-29-18-19-36-26-16-14-13-15-25(26)29)20-28(39)30(40)38-35(32(42)44-6)21-23(35)8-2/h7-8,13-16,18-19,23-24,27-28H,1-2,9-12,17,20-22H2,3-6H3,(H,37,43)(H,38,40)/t23-,24-,27+,28+,35-/m1/s1. The summed E-state index contributed by atoms with van der Waals surface area (Å²) in [5.74, 6) is -1.21. The summed E-state index contributed by atoms with van der Waals surface area (Å²) in [5, 5.41) is 6.43. The summed E-state index contributed by atoms with van der Waals surface area (Å²) in [7, 11) is 1.27. The van der Waals surface area contributed by atoms with E-state index in [1.54, 1.807) is 39.1 Å². The van der Waals surface area contributed by atoms with Gasteiger partial charge in [0.05, 0.1) is 19.2 Å². The molecule has 5 atom stereocenters. The molecule has 0 bridgehead atoms. The Balaban J connectivity index is 1.61. The number of alkyl carbamates (subject to hydrolysis) is 1. The van der Waals surface area contributed by atoms with Crippen molar-refractivity contribution in [2.75, 3.05) is 13.7 Å². The van der Waals surface area contributed by atoms with Crippen LogP contribution in [0.3, 0.4) is 0 Å². The minimum Gasteiger partial charge on any atom is -0.488 e. The Morgan fingerprint density at radius 3 is 2.57 bits per heavy atom. The number of carbonyl (C=O) groups excluding carboxylic acids is 4. The Morgan fingerprint density at radius 2 is 1.89 bits per heavy atom. The molecule has 2 N–H and O–H groups in total. The molecule has 46 heavy (non-hydrogen) atoms. The van der Waals surface area contributed by atoms with E-state index in [0.29, 0.717) is 25.0 Å². The van der Waals surface area contributed by atoms with E-state index in [9.17, 15) is 19.2 Å². The first-order valence-electron chi connectivity index (χ1n) is 15.9. The van der Waals surface area contributed by atoms with Crippen LogP contribution in [0.1, 0.15) is 65.7 Å². The summed E-state index contributed by atoms with van der Waals surface area (Å²) < 4.78 is 16.9. The van der Waals surface area contributed by atoms with Gasteiger partial charge >= 0.3 is 12.1 Å². The van der Waals surface area contributed by atoms with Crippen molar-refractivity contribution >= 4 is 34.8 Å². The number of unbranched alkanes of at least 4 members (excludes halogenated alkanes) is 3. The second kappa shape index (κ2) is 14.8. The van der Waals surface area contributed by atoms with E-state index < -0.39 is 53.2 Å². The molecular formula is C35H46N4O7. The fourth-order valence-electron chi connectivity index (χ4n) is 5.94. The molecule has 1 aromatic heterocycles. The fraction of sp³-hybridized carbons (Fsp3) is 0.514. The van der Waals surface area contributed by atoms with Gasteiger partial charge < -0.3 is 29.7 Å². The molecule has 1 aliphatic heterocycles. The number of likely N-dealkylation sites (tertiary alicyclic amines) is 1. The lowest BCUT2D eigenvalue weighted by Gasteiger charge is -2.30. The maximum Gasteiger partial charge on any atom is 0.408 e. The summed E-state index contributed by atoms with van der Waals surface area (Å²) in [5.41, 5.74) is -1.25. The Hall–Kier alpha value is -4.41. The maximum atomic E-state index is 14.3. The Labute approximate surface area is 270 Å². The van der Waals surface area contributed by atoms with Gasteiger partial charge in [-0.05, 0) is 64.7 Å². The average molecular weight is 635 g/mol. The number of hydrogen-bond donors (Lipinski definition) is 2. The molecule has 0 spiro atoms. The van der Waals surface area contributed by atoms with E-state index in [4.69, 9.17) is 14.2 Å². The van der Waals surface area contributed by atoms with E-state index in [1.165, 1.54) is 12.0 Å². The molecule has 1 aliphatic carbocycles. The van der Waals surface area contributed by atoms with E-state index in [-0.39, 0.29) is 18.9 Å². The van der Waals surface area contributed by atoms with Gasteiger partial charge in [0.2, 0.25) is 11.8 Å². The fourth-order valence-corrected chi connectivity index (χ4v) is 5.94. The second-order valence-electron chi connectivity index (χ2n) is 12.9. The average Bonchev–Trinajstić information content (AvgIpc) is 3.57. The third kappa shape index (κ3) is 8.24. The van der Waals surface area contributed by atoms with Gasteiger partial charge in [0, 0.05) is 23.9 Å². The first-order valence-corrected chi connectivity index (χ1v) is 15.9. The normalized spacial score (nSPS) is 22.8. The van der Waals surface area contributed by atoms with Crippen LogP contribution >= 0.6 is 0 Å². The van der Waals surface area contributed by atoms with Crippen LogP contribution in [0.4, 0.5) is 4.79 Å². The number of allylic oxidation sites excluding steroid dienone is 1. The van der Waals surface area contributed by atoms with Crippen molar-refractivity contribution in [2.45, 2.75) is 95.0 Å². The number of hydrogen-bond acceptors (Lipinski definition) is 8. The number of fused-ring (bicyclic) bond motifs is 1. The first-order chi connectivity index (χ1) is 21.9. The highest BCUT2D eigenvalue weighted by Crippen LogP contribution is 2.45. The van der Waals surface area contributed by atoms with Crippen molar-refractivity contribution in [1.82, 2.24) is 20.5 Å². The molecule has 0 unspecified atom stereocenters. The number of rotatable bonds is 14. The minimum absolute atomic E-state index is 0.0899. The number of ether oxygens (including phenoxy) is 3. The minimum atomic E-state index is -1.23. The smallest absolute Gasteiger partial charge is 0.408 e. The van der Waals surface area contributed by atoms with Crippen molar-refractivity contribution in [3.63, 3.8) is 0 Å². The molecule has 0 radical (unpaired) electrons. The number of esters is 1. The van der Waals surface area contributed by atoms with Crippen molar-refractivity contribution in [1.29, 1.82) is 0 Å². The number of carbonyl (C=O) groups is 4. The Morgan fingerprint density at radius 1 is 1.13 bits per heavy atom. The van der Waals surface area contributed by atoms with Gasteiger partial charge in [-0.2, -0.15) is 0 Å². The van der Waals surface area contributed by atoms with E-state index in [1.807, 2.05) is 30.3 Å². The van der Waals surface area contributed by atoms with Crippen LogP contribution in [0.5, 0.6) is 5.75 Å². The third-order valence-corrected chi connectivity index (χ3v) is 8.34. The molecule has 2 aromatic rings. The molecule has 248 valence electrons. The number of pyridine rings is 1. The SMILES string of the molecule is C=CCCCCC[C@H](NC(=O)OC(C)(C)C)C(=O)N1C[C@H](Oc2ccnc3ccccc23)C[C@H]1C(=O)N[C@]1(C(=O)OC)C[C@H]1C=C. The highest BCUT2D eigenvalue weighted by molar-refractivity contribution is 5.96. The van der Waals surface area contributed by atoms with Gasteiger partial charge in [-0.1, -0.05) is 37.1 Å². The third-order valence-electron chi connectivity index (χ3n) is 8.34. The van der Waals surface area contributed by atoms with Gasteiger partial charge in [-0.25, -0.2) is 9.59 Å². The van der Waals surface area contributed by atoms with Gasteiger partial charge in [0.25, 0.3) is 0 Å². The zero-order valence-electron chi connectivity index (χ0n) is 27.3. The lowest BCUT2D eigenvalue weighted by atomic mass is 10.0. The number of benzene rings is 1. The van der Waals surface area contributed by atoms with E-state index in [2.05, 4.69) is 28.8 Å². The van der Waals surface area contributed by atoms with Gasteiger partial charge in [0.15, 0.2) is 0 Å². The predicted octanol–water partition coefficient (Wildman–Crippen LogP) is 4.85. The number of para-hydroxylation sites is 1. The van der Waals surface area contributed by atoms with Crippen LogP contribution in [0, 0.1) is 5.92 Å². The summed E-state index contributed by atoms with van der Waals surface area (Å²) in [6.45, 7) is 12.9. The topological polar surface area (TPSA) is 136 Å². The summed E-state index contributed by atoms with van der Waals surface area (Å²) >= 11 is 0. The molecule has 2 fully saturated rings. The van der Waals surface area contributed by atoms with Gasteiger partial charge in [-0.3, -0.25) is 14.6 Å². The summed E-state index contributed by atoms with van der Waals surface area (Å²) in [4.78, 5) is 59.6. The molecule has 1 saturated heterocycles. The molecule has 2 aliphatic rings. The monoisotopic (exact) mass is 634 g/mol. The predicted molar refractivity (Wildman–Crippen MR) is 174 cm³/mol. The van der Waals surface area contributed by atoms with Crippen molar-refractivity contribution in [3.8, 4) is 5.75 Å². The van der Waals surface area contributed by atoms with E-state index in [0.717, 1.165) is 30.2 Å². The van der Waals surface area contributed by atoms with Crippen LogP contribution in [-0.4, -0.2) is 76.7 Å². The highest BCUT2D eigenvalue weighted by Gasteiger charge is 2.62. The second-order valence-corrected chi connectivity index (χ2v) is 12.9. The van der Waals surface area contributed by atoms with E-state index >= 15 is 0 Å². The van der Waals surface area contributed by atoms with Crippen molar-refractivity contribution in [3.05, 3.63) is 61.8 Å². The van der Waals surface area contributed by atoms with Crippen molar-refractivity contribution in [2.24, 2.45) is 5.92 Å². The molecule has 2 heterocycles. The quantitative estimate of drug-likeness (QED) is 0.171. The van der Waals surface area contributed by atoms with Crippen LogP contribution in [0.2, 0.25) is 0 Å². The largest absolute Gasteiger partial charge is 0.488 e. The molecular weight excluding hydrogens is 588 g/mol. The van der Waals surface area contributed by atoms with Crippen molar-refractivity contribution < 1.29 is 33.4 Å². The molecule has 4 rings (SSSR count). The van der Waals surface area contributed by atoms with Crippen LogP contribution in [-0.2, 0) is 23.9 Å². The van der Waals surface area contributed by atoms with Crippen LogP contribution in [0.15, 0.2) is 61.8 Å². The van der Waals surface area contributed by atoms with Gasteiger partial charge in [-0.15, -0.1) is 13.2 Å². The Kier molecular flexibility index (Phi) is 11.1. The number of nitrogens with one attached hydrogen (secondary N) is 2. The number of nitrogens with zero attached hydrogens (tertiary/aromatic N) is 2. The molecule has 11 heteroatoms. The summed E-state index contributed by atoms with van der Waals surface area (Å²) in [6.07, 6.45) is 7.97. The lowest BCUT2D eigenvalue weighted by Crippen LogP contribution is -2.56. The summed E-state index contributed by atoms with van der Waals surface area (Å²) in [6, 6.07) is 7.39. The van der Waals surface area contributed by atoms with Crippen LogP contribution < -0.4 is 15.4 Å². The molecule has 3 amide bonds. The maximum absolute atomic E-state index is 14.3. The first kappa shape index (κ1) is 34.5. The molecule has 1 aromatic carbocycles. The molecule has 1 saturated carbocycles. The zero-order valence-corrected chi connectivity index (χ0v) is 27.3.